The smallest absolute Gasteiger partial charge is 0.304 e. The summed E-state index contributed by atoms with van der Waals surface area (Å²) in [6.07, 6.45) is 3.50. The summed E-state index contributed by atoms with van der Waals surface area (Å²) in [5.74, 6) is -0.0532. The molecule has 1 fully saturated rings. The van der Waals surface area contributed by atoms with Gasteiger partial charge in [-0.15, -0.1) is 0 Å². The molecule has 1 rings (SSSR count). The fourth-order valence-corrected chi connectivity index (χ4v) is 1.09. The van der Waals surface area contributed by atoms with Gasteiger partial charge in [-0.05, 0) is 12.3 Å². The Morgan fingerprint density at radius 2 is 2.30 bits per heavy atom. The van der Waals surface area contributed by atoms with Crippen LogP contribution in [0.4, 0.5) is 0 Å². The lowest BCUT2D eigenvalue weighted by atomic mass is 10.1. The van der Waals surface area contributed by atoms with E-state index in [9.17, 15) is 4.79 Å². The molecule has 3 N–H and O–H groups in total. The van der Waals surface area contributed by atoms with Gasteiger partial charge >= 0.3 is 5.97 Å². The molecule has 0 radical (unpaired) electrons. The van der Waals surface area contributed by atoms with Gasteiger partial charge in [-0.3, -0.25) is 4.79 Å². The second kappa shape index (κ2) is 3.01. The lowest BCUT2D eigenvalue weighted by Crippen LogP contribution is -2.23. The zero-order valence-electron chi connectivity index (χ0n) is 5.92. The highest BCUT2D eigenvalue weighted by atomic mass is 16.4. The van der Waals surface area contributed by atoms with Crippen molar-refractivity contribution in [3.63, 3.8) is 0 Å². The maximum Gasteiger partial charge on any atom is 0.304 e. The van der Waals surface area contributed by atoms with E-state index in [0.29, 0.717) is 0 Å². The Bertz CT molecular complexity index is 132. The summed E-state index contributed by atoms with van der Waals surface area (Å²) in [4.78, 5) is 10.1. The minimum atomic E-state index is -0.784. The van der Waals surface area contributed by atoms with E-state index >= 15 is 0 Å². The lowest BCUT2D eigenvalue weighted by Gasteiger charge is -2.05. The van der Waals surface area contributed by atoms with Gasteiger partial charge in [-0.1, -0.05) is 12.8 Å². The average Bonchev–Trinajstić information content (AvgIpc) is 2.46. The number of carboxylic acid groups (broad SMARTS) is 1. The molecule has 0 aromatic rings. The highest BCUT2D eigenvalue weighted by Crippen LogP contribution is 2.33. The number of hydrogen-bond donors (Lipinski definition) is 2. The van der Waals surface area contributed by atoms with E-state index in [1.54, 1.807) is 0 Å². The first-order chi connectivity index (χ1) is 4.68. The standard InChI is InChI=1S/C7H13NO2/c8-6(4-7(9)10)3-5-1-2-5/h5-6H,1-4,8H2,(H,9,10)/t6-/m1/s1. The summed E-state index contributed by atoms with van der Waals surface area (Å²) in [6, 6.07) is -0.120. The molecule has 0 aliphatic heterocycles. The minimum Gasteiger partial charge on any atom is -0.481 e. The van der Waals surface area contributed by atoms with E-state index in [2.05, 4.69) is 0 Å². The SMILES string of the molecule is N[C@@H](CC(=O)O)CC1CC1. The van der Waals surface area contributed by atoms with Crippen LogP contribution >= 0.6 is 0 Å². The molecule has 0 spiro atoms. The second-order valence-electron chi connectivity index (χ2n) is 3.04. The zero-order chi connectivity index (χ0) is 7.56. The van der Waals surface area contributed by atoms with Crippen LogP contribution in [0.5, 0.6) is 0 Å². The maximum atomic E-state index is 10.1. The van der Waals surface area contributed by atoms with Gasteiger partial charge in [0.25, 0.3) is 0 Å². The Morgan fingerprint density at radius 1 is 1.70 bits per heavy atom. The molecule has 0 saturated heterocycles. The Labute approximate surface area is 60.2 Å². The van der Waals surface area contributed by atoms with Crippen LogP contribution in [0.15, 0.2) is 0 Å². The predicted octanol–water partition coefficient (Wildman–Crippen LogP) is 0.588. The van der Waals surface area contributed by atoms with Crippen LogP contribution in [0.1, 0.15) is 25.7 Å². The quantitative estimate of drug-likeness (QED) is 0.605. The largest absolute Gasteiger partial charge is 0.481 e. The van der Waals surface area contributed by atoms with Crippen LogP contribution in [0.25, 0.3) is 0 Å². The Kier molecular flexibility index (Phi) is 2.27. The summed E-state index contributed by atoms with van der Waals surface area (Å²) < 4.78 is 0. The van der Waals surface area contributed by atoms with Gasteiger partial charge in [-0.2, -0.15) is 0 Å². The van der Waals surface area contributed by atoms with E-state index in [1.807, 2.05) is 0 Å². The number of aliphatic carboxylic acids is 1. The first kappa shape index (κ1) is 7.54. The number of rotatable bonds is 4. The fraction of sp³-hybridized carbons (Fsp3) is 0.857. The van der Waals surface area contributed by atoms with Crippen LogP contribution in [-0.4, -0.2) is 17.1 Å². The predicted molar refractivity (Wildman–Crippen MR) is 37.6 cm³/mol. The zero-order valence-corrected chi connectivity index (χ0v) is 5.92. The number of carboxylic acids is 1. The molecule has 0 heterocycles. The van der Waals surface area contributed by atoms with E-state index in [1.165, 1.54) is 12.8 Å². The van der Waals surface area contributed by atoms with E-state index in [-0.39, 0.29) is 12.5 Å². The van der Waals surface area contributed by atoms with Crippen LogP contribution in [0.3, 0.4) is 0 Å². The van der Waals surface area contributed by atoms with Crippen LogP contribution in [0.2, 0.25) is 0 Å². The summed E-state index contributed by atoms with van der Waals surface area (Å²) >= 11 is 0. The molecule has 10 heavy (non-hydrogen) atoms. The third kappa shape index (κ3) is 2.82. The molecular weight excluding hydrogens is 130 g/mol. The van der Waals surface area contributed by atoms with E-state index < -0.39 is 5.97 Å². The number of nitrogens with two attached hydrogens (primary N) is 1. The Morgan fingerprint density at radius 3 is 2.70 bits per heavy atom. The van der Waals surface area contributed by atoms with Crippen LogP contribution < -0.4 is 5.73 Å². The van der Waals surface area contributed by atoms with Gasteiger partial charge in [0.2, 0.25) is 0 Å². The molecule has 0 unspecified atom stereocenters. The minimum absolute atomic E-state index is 0.120. The van der Waals surface area contributed by atoms with Gasteiger partial charge in [0.05, 0.1) is 6.42 Å². The van der Waals surface area contributed by atoms with Crippen molar-refractivity contribution in [3.8, 4) is 0 Å². The van der Waals surface area contributed by atoms with Gasteiger partial charge in [0.15, 0.2) is 0 Å². The van der Waals surface area contributed by atoms with E-state index in [4.69, 9.17) is 10.8 Å². The fourth-order valence-electron chi connectivity index (χ4n) is 1.09. The third-order valence-electron chi connectivity index (χ3n) is 1.77. The van der Waals surface area contributed by atoms with Crippen LogP contribution in [-0.2, 0) is 4.79 Å². The molecule has 0 aromatic heterocycles. The van der Waals surface area contributed by atoms with Crippen molar-refractivity contribution in [1.29, 1.82) is 0 Å². The van der Waals surface area contributed by atoms with Gasteiger partial charge in [0.1, 0.15) is 0 Å². The van der Waals surface area contributed by atoms with Crippen LogP contribution in [0, 0.1) is 5.92 Å². The van der Waals surface area contributed by atoms with Crippen molar-refractivity contribution in [2.24, 2.45) is 11.7 Å². The first-order valence-corrected chi connectivity index (χ1v) is 3.66. The number of carbonyl (C=O) groups is 1. The first-order valence-electron chi connectivity index (χ1n) is 3.66. The van der Waals surface area contributed by atoms with E-state index in [0.717, 1.165) is 12.3 Å². The Balaban J connectivity index is 2.07. The molecule has 1 saturated carbocycles. The topological polar surface area (TPSA) is 63.3 Å². The average molecular weight is 143 g/mol. The van der Waals surface area contributed by atoms with Crippen molar-refractivity contribution in [3.05, 3.63) is 0 Å². The Hall–Kier alpha value is -0.570. The molecule has 1 aliphatic rings. The molecule has 0 aromatic carbocycles. The highest BCUT2D eigenvalue weighted by Gasteiger charge is 2.24. The molecule has 58 valence electrons. The van der Waals surface area contributed by atoms with Crippen molar-refractivity contribution in [1.82, 2.24) is 0 Å². The molecule has 3 nitrogen and oxygen atoms in total. The lowest BCUT2D eigenvalue weighted by molar-refractivity contribution is -0.137. The maximum absolute atomic E-state index is 10.1. The number of hydrogen-bond acceptors (Lipinski definition) is 2. The molecule has 0 bridgehead atoms. The normalized spacial score (nSPS) is 20.5. The van der Waals surface area contributed by atoms with Crippen molar-refractivity contribution < 1.29 is 9.90 Å². The summed E-state index contributed by atoms with van der Waals surface area (Å²) in [5, 5.41) is 8.34. The van der Waals surface area contributed by atoms with Gasteiger partial charge in [0, 0.05) is 6.04 Å². The van der Waals surface area contributed by atoms with Crippen molar-refractivity contribution in [2.75, 3.05) is 0 Å². The third-order valence-corrected chi connectivity index (χ3v) is 1.77. The summed E-state index contributed by atoms with van der Waals surface area (Å²) in [7, 11) is 0. The van der Waals surface area contributed by atoms with Gasteiger partial charge in [-0.25, -0.2) is 0 Å². The molecule has 1 aliphatic carbocycles. The van der Waals surface area contributed by atoms with Gasteiger partial charge < -0.3 is 10.8 Å². The summed E-state index contributed by atoms with van der Waals surface area (Å²) in [5.41, 5.74) is 5.53. The molecule has 1 atom stereocenters. The molecular formula is C7H13NO2. The monoisotopic (exact) mass is 143 g/mol. The molecule has 3 heteroatoms. The molecule has 0 amide bonds. The van der Waals surface area contributed by atoms with Crippen molar-refractivity contribution >= 4 is 5.97 Å². The summed E-state index contributed by atoms with van der Waals surface area (Å²) in [6.45, 7) is 0. The van der Waals surface area contributed by atoms with Crippen molar-refractivity contribution in [2.45, 2.75) is 31.7 Å². The highest BCUT2D eigenvalue weighted by molar-refractivity contribution is 5.67. The second-order valence-corrected chi connectivity index (χ2v) is 3.04.